The number of fused-ring (bicyclic) bond motifs is 1. The van der Waals surface area contributed by atoms with Gasteiger partial charge in [0.15, 0.2) is 5.78 Å². The van der Waals surface area contributed by atoms with Crippen molar-refractivity contribution in [1.82, 2.24) is 0 Å². The Morgan fingerprint density at radius 1 is 1.37 bits per heavy atom. The minimum atomic E-state index is -0.283. The van der Waals surface area contributed by atoms with E-state index in [1.165, 1.54) is 7.11 Å². The third-order valence-corrected chi connectivity index (χ3v) is 4.46. The molecule has 1 fully saturated rings. The normalized spacial score (nSPS) is 24.1. The van der Waals surface area contributed by atoms with Crippen LogP contribution in [0.3, 0.4) is 0 Å². The zero-order chi connectivity index (χ0) is 13.4. The Kier molecular flexibility index (Phi) is 3.22. The van der Waals surface area contributed by atoms with Gasteiger partial charge in [-0.3, -0.25) is 9.59 Å². The Bertz CT molecular complexity index is 540. The van der Waals surface area contributed by atoms with E-state index in [-0.39, 0.29) is 23.6 Å². The Balaban J connectivity index is 1.76. The summed E-state index contributed by atoms with van der Waals surface area (Å²) < 4.78 is 10.2. The van der Waals surface area contributed by atoms with Gasteiger partial charge >= 0.3 is 5.97 Å². The van der Waals surface area contributed by atoms with Gasteiger partial charge in [-0.25, -0.2) is 0 Å². The average molecular weight is 278 g/mol. The summed E-state index contributed by atoms with van der Waals surface area (Å²) in [5, 5.41) is 0. The lowest BCUT2D eigenvalue weighted by atomic mass is 10.1. The quantitative estimate of drug-likeness (QED) is 0.626. The van der Waals surface area contributed by atoms with Crippen molar-refractivity contribution in [1.29, 1.82) is 0 Å². The van der Waals surface area contributed by atoms with E-state index < -0.39 is 0 Å². The first-order chi connectivity index (χ1) is 9.20. The van der Waals surface area contributed by atoms with Crippen molar-refractivity contribution in [3.8, 4) is 5.75 Å². The lowest BCUT2D eigenvalue weighted by molar-refractivity contribution is -0.142. The van der Waals surface area contributed by atoms with Crippen LogP contribution in [0.5, 0.6) is 5.75 Å². The Morgan fingerprint density at radius 3 is 3.00 bits per heavy atom. The predicted octanol–water partition coefficient (Wildman–Crippen LogP) is 2.16. The van der Waals surface area contributed by atoms with E-state index in [1.54, 1.807) is 17.8 Å². The van der Waals surface area contributed by atoms with Crippen molar-refractivity contribution in [2.75, 3.05) is 19.5 Å². The van der Waals surface area contributed by atoms with Crippen molar-refractivity contribution in [2.45, 2.75) is 11.3 Å². The van der Waals surface area contributed by atoms with Gasteiger partial charge in [-0.05, 0) is 24.6 Å². The third-order valence-electron chi connectivity index (χ3n) is 3.46. The number of Topliss-reactive ketones (excluding diaryl/α,β-unsaturated/α-hetero) is 1. The maximum Gasteiger partial charge on any atom is 0.309 e. The topological polar surface area (TPSA) is 52.6 Å². The first kappa shape index (κ1) is 12.5. The van der Waals surface area contributed by atoms with Crippen LogP contribution in [0.15, 0.2) is 23.1 Å². The van der Waals surface area contributed by atoms with Crippen LogP contribution in [0, 0.1) is 11.8 Å². The molecule has 5 heteroatoms. The molecule has 1 heterocycles. The number of ketones is 1. The van der Waals surface area contributed by atoms with E-state index in [0.717, 1.165) is 16.4 Å². The summed E-state index contributed by atoms with van der Waals surface area (Å²) in [7, 11) is 1.36. The van der Waals surface area contributed by atoms with Gasteiger partial charge in [0, 0.05) is 17.2 Å². The summed E-state index contributed by atoms with van der Waals surface area (Å²) >= 11 is 1.70. The van der Waals surface area contributed by atoms with Crippen molar-refractivity contribution >= 4 is 23.5 Å². The minimum absolute atomic E-state index is 0.0318. The molecule has 3 rings (SSSR count). The number of ether oxygens (including phenoxy) is 2. The number of benzene rings is 1. The van der Waals surface area contributed by atoms with Gasteiger partial charge in [0.25, 0.3) is 0 Å². The molecular weight excluding hydrogens is 264 g/mol. The summed E-state index contributed by atoms with van der Waals surface area (Å²) in [6, 6.07) is 5.48. The number of thioether (sulfide) groups is 1. The number of methoxy groups -OCH3 is 1. The molecule has 100 valence electrons. The molecule has 1 saturated carbocycles. The zero-order valence-electron chi connectivity index (χ0n) is 10.5. The number of hydrogen-bond acceptors (Lipinski definition) is 5. The van der Waals surface area contributed by atoms with Gasteiger partial charge in [0.05, 0.1) is 24.5 Å². The number of rotatable bonds is 3. The van der Waals surface area contributed by atoms with Gasteiger partial charge in [0.1, 0.15) is 5.75 Å². The summed E-state index contributed by atoms with van der Waals surface area (Å²) in [5.41, 5.74) is 0.660. The molecule has 0 unspecified atom stereocenters. The fourth-order valence-electron chi connectivity index (χ4n) is 2.31. The van der Waals surface area contributed by atoms with Crippen molar-refractivity contribution in [2.24, 2.45) is 11.8 Å². The molecule has 0 saturated heterocycles. The van der Waals surface area contributed by atoms with Crippen molar-refractivity contribution in [3.05, 3.63) is 23.8 Å². The van der Waals surface area contributed by atoms with Crippen molar-refractivity contribution < 1.29 is 19.1 Å². The van der Waals surface area contributed by atoms with E-state index in [1.807, 2.05) is 12.1 Å². The molecule has 1 aromatic carbocycles. The molecule has 0 spiro atoms. The average Bonchev–Trinajstić information content (AvgIpc) is 3.25. The van der Waals surface area contributed by atoms with Gasteiger partial charge in [-0.15, -0.1) is 11.8 Å². The summed E-state index contributed by atoms with van der Waals surface area (Å²) in [6.45, 7) is 0.706. The molecule has 0 radical (unpaired) electrons. The lowest BCUT2D eigenvalue weighted by Gasteiger charge is -2.17. The second-order valence-corrected chi connectivity index (χ2v) is 5.83. The highest BCUT2D eigenvalue weighted by molar-refractivity contribution is 7.99. The zero-order valence-corrected chi connectivity index (χ0v) is 11.4. The lowest BCUT2D eigenvalue weighted by Crippen LogP contribution is -2.11. The van der Waals surface area contributed by atoms with E-state index in [4.69, 9.17) is 4.74 Å². The highest BCUT2D eigenvalue weighted by Gasteiger charge is 2.49. The number of carbonyl (C=O) groups excluding carboxylic acids is 2. The molecule has 1 aliphatic carbocycles. The van der Waals surface area contributed by atoms with Gasteiger partial charge in [-0.1, -0.05) is 0 Å². The van der Waals surface area contributed by atoms with E-state index in [2.05, 4.69) is 4.74 Å². The Morgan fingerprint density at radius 2 is 2.21 bits per heavy atom. The van der Waals surface area contributed by atoms with E-state index >= 15 is 0 Å². The smallest absolute Gasteiger partial charge is 0.309 e. The minimum Gasteiger partial charge on any atom is -0.492 e. The third kappa shape index (κ3) is 2.34. The second-order valence-electron chi connectivity index (χ2n) is 4.69. The summed E-state index contributed by atoms with van der Waals surface area (Å²) in [4.78, 5) is 24.6. The standard InChI is InChI=1S/C14H14O4S/c1-17-14(16)10-7-9(10)13(15)8-2-3-11-12(6-8)19-5-4-18-11/h2-3,6,9-10H,4-5,7H2,1H3/t9-,10-/m0/s1. The Hall–Kier alpha value is -1.49. The molecule has 0 N–H and O–H groups in total. The van der Waals surface area contributed by atoms with Crippen LogP contribution in [-0.4, -0.2) is 31.2 Å². The molecule has 0 amide bonds. The van der Waals surface area contributed by atoms with E-state index in [9.17, 15) is 9.59 Å². The molecule has 2 aliphatic rings. The summed E-state index contributed by atoms with van der Waals surface area (Å²) in [5.74, 6) is 1.03. The maximum absolute atomic E-state index is 12.3. The van der Waals surface area contributed by atoms with Gasteiger partial charge < -0.3 is 9.47 Å². The van der Waals surface area contributed by atoms with Crippen LogP contribution in [0.2, 0.25) is 0 Å². The fraction of sp³-hybridized carbons (Fsp3) is 0.429. The van der Waals surface area contributed by atoms with Crippen LogP contribution in [-0.2, 0) is 9.53 Å². The molecule has 1 aliphatic heterocycles. The van der Waals surface area contributed by atoms with Gasteiger partial charge in [-0.2, -0.15) is 0 Å². The Labute approximate surface area is 115 Å². The van der Waals surface area contributed by atoms with Crippen LogP contribution >= 0.6 is 11.8 Å². The first-order valence-corrected chi connectivity index (χ1v) is 7.21. The number of hydrogen-bond donors (Lipinski definition) is 0. The highest BCUT2D eigenvalue weighted by atomic mass is 32.2. The fourth-order valence-corrected chi connectivity index (χ4v) is 3.17. The molecule has 2 atom stereocenters. The number of carbonyl (C=O) groups is 2. The maximum atomic E-state index is 12.3. The molecule has 1 aromatic rings. The molecular formula is C14H14O4S. The van der Waals surface area contributed by atoms with Crippen LogP contribution in [0.1, 0.15) is 16.8 Å². The van der Waals surface area contributed by atoms with Crippen LogP contribution < -0.4 is 4.74 Å². The van der Waals surface area contributed by atoms with E-state index in [0.29, 0.717) is 18.6 Å². The second kappa shape index (κ2) is 4.89. The molecule has 4 nitrogen and oxygen atoms in total. The van der Waals surface area contributed by atoms with Crippen LogP contribution in [0.4, 0.5) is 0 Å². The van der Waals surface area contributed by atoms with Crippen LogP contribution in [0.25, 0.3) is 0 Å². The van der Waals surface area contributed by atoms with Gasteiger partial charge in [0.2, 0.25) is 0 Å². The highest BCUT2D eigenvalue weighted by Crippen LogP contribution is 2.43. The largest absolute Gasteiger partial charge is 0.492 e. The molecule has 0 aromatic heterocycles. The van der Waals surface area contributed by atoms with Crippen molar-refractivity contribution in [3.63, 3.8) is 0 Å². The molecule has 19 heavy (non-hydrogen) atoms. The number of esters is 1. The molecule has 0 bridgehead atoms. The monoisotopic (exact) mass is 278 g/mol. The predicted molar refractivity (Wildman–Crippen MR) is 70.6 cm³/mol. The summed E-state index contributed by atoms with van der Waals surface area (Å²) in [6.07, 6.45) is 0.603. The first-order valence-electron chi connectivity index (χ1n) is 6.22. The SMILES string of the molecule is COC(=O)[C@H]1C[C@@H]1C(=O)c1ccc2c(c1)SCCO2.